The van der Waals surface area contributed by atoms with E-state index in [0.717, 1.165) is 5.69 Å². The van der Waals surface area contributed by atoms with E-state index in [9.17, 15) is 9.59 Å². The number of hydrogen-bond acceptors (Lipinski definition) is 6. The molecular weight excluding hydrogens is 506 g/mol. The van der Waals surface area contributed by atoms with Gasteiger partial charge in [-0.2, -0.15) is 0 Å². The SMILES string of the molecule is CC(C)(C)[Si](C)(C)OCCNc1ccc(NC(=O)c2sccc2NC(=O)c2ccc(Cl)s2)cc1. The highest BCUT2D eigenvalue weighted by Gasteiger charge is 2.36. The van der Waals surface area contributed by atoms with E-state index in [4.69, 9.17) is 16.0 Å². The number of rotatable bonds is 9. The van der Waals surface area contributed by atoms with Crippen molar-refractivity contribution in [2.45, 2.75) is 38.9 Å². The molecule has 0 fully saturated rings. The molecule has 2 amide bonds. The van der Waals surface area contributed by atoms with Crippen LogP contribution in [0.3, 0.4) is 0 Å². The topological polar surface area (TPSA) is 79.5 Å². The lowest BCUT2D eigenvalue weighted by molar-refractivity contribution is 0.103. The van der Waals surface area contributed by atoms with E-state index in [1.807, 2.05) is 24.3 Å². The van der Waals surface area contributed by atoms with E-state index in [1.54, 1.807) is 23.6 Å². The van der Waals surface area contributed by atoms with Gasteiger partial charge in [-0.1, -0.05) is 32.4 Å². The van der Waals surface area contributed by atoms with Crippen LogP contribution in [0.4, 0.5) is 17.1 Å². The largest absolute Gasteiger partial charge is 0.415 e. The first kappa shape index (κ1) is 26.4. The minimum absolute atomic E-state index is 0.190. The summed E-state index contributed by atoms with van der Waals surface area (Å²) < 4.78 is 6.72. The molecule has 0 unspecified atom stereocenters. The Labute approximate surface area is 214 Å². The zero-order valence-corrected chi connectivity index (χ0v) is 23.3. The van der Waals surface area contributed by atoms with Crippen LogP contribution < -0.4 is 16.0 Å². The molecule has 1 aromatic carbocycles. The molecule has 0 saturated heterocycles. The van der Waals surface area contributed by atoms with Crippen LogP contribution in [-0.2, 0) is 4.43 Å². The zero-order chi connectivity index (χ0) is 24.9. The van der Waals surface area contributed by atoms with Gasteiger partial charge in [-0.05, 0) is 66.0 Å². The summed E-state index contributed by atoms with van der Waals surface area (Å²) in [6.07, 6.45) is 0. The van der Waals surface area contributed by atoms with Crippen molar-refractivity contribution in [1.29, 1.82) is 0 Å². The predicted octanol–water partition coefficient (Wildman–Crippen LogP) is 7.40. The summed E-state index contributed by atoms with van der Waals surface area (Å²) in [7, 11) is -1.75. The second kappa shape index (κ2) is 11.0. The molecule has 2 aromatic heterocycles. The number of carbonyl (C=O) groups is 2. The van der Waals surface area contributed by atoms with E-state index in [2.05, 4.69) is 49.8 Å². The number of benzene rings is 1. The Morgan fingerprint density at radius 1 is 0.971 bits per heavy atom. The molecule has 6 nitrogen and oxygen atoms in total. The molecule has 0 atom stereocenters. The van der Waals surface area contributed by atoms with Gasteiger partial charge in [0.1, 0.15) is 4.88 Å². The third-order valence-electron chi connectivity index (χ3n) is 5.76. The Morgan fingerprint density at radius 3 is 2.26 bits per heavy atom. The quantitative estimate of drug-likeness (QED) is 0.197. The van der Waals surface area contributed by atoms with Crippen molar-refractivity contribution in [2.24, 2.45) is 0 Å². The molecule has 3 rings (SSSR count). The van der Waals surface area contributed by atoms with Crippen LogP contribution >= 0.6 is 34.3 Å². The molecule has 2 heterocycles. The Kier molecular flexibility index (Phi) is 8.59. The minimum Gasteiger partial charge on any atom is -0.415 e. The molecule has 0 aliphatic heterocycles. The molecule has 0 saturated carbocycles. The van der Waals surface area contributed by atoms with Crippen LogP contribution in [0, 0.1) is 0 Å². The molecule has 34 heavy (non-hydrogen) atoms. The van der Waals surface area contributed by atoms with Gasteiger partial charge in [0, 0.05) is 17.9 Å². The Balaban J connectivity index is 1.52. The summed E-state index contributed by atoms with van der Waals surface area (Å²) >= 11 is 8.36. The van der Waals surface area contributed by atoms with Crippen LogP contribution in [0.15, 0.2) is 47.8 Å². The second-order valence-corrected chi connectivity index (χ2v) is 16.7. The average molecular weight is 536 g/mol. The van der Waals surface area contributed by atoms with E-state index >= 15 is 0 Å². The highest BCUT2D eigenvalue weighted by Crippen LogP contribution is 2.36. The van der Waals surface area contributed by atoms with Crippen LogP contribution in [-0.4, -0.2) is 33.3 Å². The van der Waals surface area contributed by atoms with Crippen molar-refractivity contribution in [3.8, 4) is 0 Å². The van der Waals surface area contributed by atoms with Crippen LogP contribution in [0.25, 0.3) is 0 Å². The first-order valence-corrected chi connectivity index (χ1v) is 15.9. The summed E-state index contributed by atoms with van der Waals surface area (Å²) in [5.41, 5.74) is 2.09. The molecule has 0 radical (unpaired) electrons. The van der Waals surface area contributed by atoms with Crippen molar-refractivity contribution in [3.63, 3.8) is 0 Å². The number of hydrogen-bond donors (Lipinski definition) is 3. The Morgan fingerprint density at radius 2 is 1.65 bits per heavy atom. The minimum atomic E-state index is -1.75. The number of amides is 2. The van der Waals surface area contributed by atoms with Crippen molar-refractivity contribution < 1.29 is 14.0 Å². The lowest BCUT2D eigenvalue weighted by atomic mass is 10.2. The number of thiophene rings is 2. The van der Waals surface area contributed by atoms with Gasteiger partial charge in [0.15, 0.2) is 8.32 Å². The second-order valence-electron chi connectivity index (χ2n) is 9.29. The molecule has 10 heteroatoms. The van der Waals surface area contributed by atoms with Crippen molar-refractivity contribution in [3.05, 3.63) is 61.9 Å². The maximum atomic E-state index is 12.8. The summed E-state index contributed by atoms with van der Waals surface area (Å²) in [6, 6.07) is 12.6. The Hall–Kier alpha value is -2.17. The number of carbonyl (C=O) groups excluding carboxylic acids is 2. The summed E-state index contributed by atoms with van der Waals surface area (Å²) in [6.45, 7) is 12.5. The van der Waals surface area contributed by atoms with Gasteiger partial charge in [0.2, 0.25) is 0 Å². The summed E-state index contributed by atoms with van der Waals surface area (Å²) in [4.78, 5) is 26.1. The molecule has 0 aliphatic carbocycles. The van der Waals surface area contributed by atoms with Crippen molar-refractivity contribution in [1.82, 2.24) is 0 Å². The van der Waals surface area contributed by atoms with Crippen LogP contribution in [0.1, 0.15) is 40.1 Å². The lowest BCUT2D eigenvalue weighted by Crippen LogP contribution is -2.41. The fourth-order valence-electron chi connectivity index (χ4n) is 2.78. The van der Waals surface area contributed by atoms with Crippen molar-refractivity contribution in [2.75, 3.05) is 29.1 Å². The molecular formula is C24H30ClN3O3S2Si. The smallest absolute Gasteiger partial charge is 0.267 e. The molecule has 182 valence electrons. The maximum absolute atomic E-state index is 12.8. The normalized spacial score (nSPS) is 11.8. The molecule has 3 aromatic rings. The highest BCUT2D eigenvalue weighted by atomic mass is 35.5. The van der Waals surface area contributed by atoms with E-state index in [0.29, 0.717) is 38.6 Å². The Bertz CT molecular complexity index is 1140. The molecule has 0 aliphatic rings. The van der Waals surface area contributed by atoms with Gasteiger partial charge in [-0.15, -0.1) is 22.7 Å². The third kappa shape index (κ3) is 6.92. The van der Waals surface area contributed by atoms with Gasteiger partial charge in [0.25, 0.3) is 11.8 Å². The van der Waals surface area contributed by atoms with Gasteiger partial charge >= 0.3 is 0 Å². The highest BCUT2D eigenvalue weighted by molar-refractivity contribution is 7.18. The van der Waals surface area contributed by atoms with Crippen molar-refractivity contribution >= 4 is 71.5 Å². The molecule has 0 spiro atoms. The monoisotopic (exact) mass is 535 g/mol. The first-order chi connectivity index (χ1) is 16.0. The van der Waals surface area contributed by atoms with E-state index < -0.39 is 8.32 Å². The van der Waals surface area contributed by atoms with Crippen LogP contribution in [0.5, 0.6) is 0 Å². The zero-order valence-electron chi connectivity index (χ0n) is 20.0. The van der Waals surface area contributed by atoms with Crippen LogP contribution in [0.2, 0.25) is 22.5 Å². The van der Waals surface area contributed by atoms with Gasteiger partial charge in [-0.25, -0.2) is 0 Å². The first-order valence-electron chi connectivity index (χ1n) is 10.9. The molecule has 0 bridgehead atoms. The molecule has 3 N–H and O–H groups in total. The summed E-state index contributed by atoms with van der Waals surface area (Å²) in [5, 5.41) is 11.0. The summed E-state index contributed by atoms with van der Waals surface area (Å²) in [5.74, 6) is -0.574. The van der Waals surface area contributed by atoms with E-state index in [-0.39, 0.29) is 16.9 Å². The third-order valence-corrected chi connectivity index (χ3v) is 12.4. The predicted molar refractivity (Wildman–Crippen MR) is 148 cm³/mol. The van der Waals surface area contributed by atoms with Gasteiger partial charge in [0.05, 0.1) is 21.5 Å². The maximum Gasteiger partial charge on any atom is 0.267 e. The number of anilines is 3. The standard InChI is InChI=1S/C24H30ClN3O3S2Si/c1-24(2,3)34(4,5)31-14-13-26-16-6-8-17(9-7-16)27-23(30)21-18(12-15-32-21)28-22(29)19-10-11-20(25)33-19/h6-12,15,26H,13-14H2,1-5H3,(H,27,30)(H,28,29). The fraction of sp³-hybridized carbons (Fsp3) is 0.333. The fourth-order valence-corrected chi connectivity index (χ4v) is 5.51. The number of halogens is 1. The lowest BCUT2D eigenvalue weighted by Gasteiger charge is -2.36. The number of nitrogens with one attached hydrogen (secondary N) is 3. The van der Waals surface area contributed by atoms with Gasteiger partial charge in [-0.3, -0.25) is 9.59 Å². The van der Waals surface area contributed by atoms with E-state index in [1.165, 1.54) is 22.7 Å². The average Bonchev–Trinajstić information content (AvgIpc) is 3.40. The van der Waals surface area contributed by atoms with Gasteiger partial charge < -0.3 is 20.4 Å².